The number of rotatable bonds is 5. The Morgan fingerprint density at radius 3 is 2.69 bits per heavy atom. The van der Waals surface area contributed by atoms with Crippen LogP contribution in [0.5, 0.6) is 6.01 Å². The Morgan fingerprint density at radius 2 is 2.19 bits per heavy atom. The second-order valence-electron chi connectivity index (χ2n) is 3.08. The second-order valence-corrected chi connectivity index (χ2v) is 3.08. The summed E-state index contributed by atoms with van der Waals surface area (Å²) in [6.45, 7) is 0.905. The zero-order valence-electron chi connectivity index (χ0n) is 8.75. The predicted molar refractivity (Wildman–Crippen MR) is 54.9 cm³/mol. The van der Waals surface area contributed by atoms with Gasteiger partial charge >= 0.3 is 6.01 Å². The van der Waals surface area contributed by atoms with E-state index >= 15 is 0 Å². The van der Waals surface area contributed by atoms with Gasteiger partial charge in [-0.05, 0) is 0 Å². The lowest BCUT2D eigenvalue weighted by molar-refractivity contribution is -0.114. The number of hydrogen-bond acceptors (Lipinski definition) is 6. The largest absolute Gasteiger partial charge is 0.461 e. The van der Waals surface area contributed by atoms with E-state index in [9.17, 15) is 4.79 Å². The molecule has 0 unspecified atom stereocenters. The minimum atomic E-state index is -0.960. The first-order valence-corrected chi connectivity index (χ1v) is 4.63. The number of hydrogen-bond donors (Lipinski definition) is 3. The Bertz CT molecular complexity index is 341. The first-order chi connectivity index (χ1) is 7.61. The molecule has 16 heavy (non-hydrogen) atoms. The number of aromatic nitrogens is 2. The van der Waals surface area contributed by atoms with E-state index in [0.717, 1.165) is 0 Å². The number of carbonyl (C=O) groups excluding carboxylic acids is 1. The lowest BCUT2D eigenvalue weighted by Gasteiger charge is -2.08. The summed E-state index contributed by atoms with van der Waals surface area (Å²) < 4.78 is 4.97. The van der Waals surface area contributed by atoms with Crippen LogP contribution in [0.15, 0.2) is 12.4 Å². The van der Waals surface area contributed by atoms with E-state index in [1.54, 1.807) is 0 Å². The lowest BCUT2D eigenvalue weighted by Crippen LogP contribution is -2.22. The highest BCUT2D eigenvalue weighted by Gasteiger charge is 2.05. The molecule has 0 aliphatic carbocycles. The van der Waals surface area contributed by atoms with Crippen molar-refractivity contribution in [2.45, 2.75) is 13.0 Å². The van der Waals surface area contributed by atoms with Gasteiger partial charge in [-0.2, -0.15) is 0 Å². The highest BCUT2D eigenvalue weighted by Crippen LogP contribution is 2.07. The van der Waals surface area contributed by atoms with Crippen molar-refractivity contribution in [2.24, 2.45) is 0 Å². The van der Waals surface area contributed by atoms with Gasteiger partial charge in [0.25, 0.3) is 0 Å². The fourth-order valence-corrected chi connectivity index (χ4v) is 0.882. The molecule has 0 saturated heterocycles. The minimum Gasteiger partial charge on any atom is -0.461 e. The normalized spacial score (nSPS) is 11.9. The van der Waals surface area contributed by atoms with Crippen molar-refractivity contribution in [1.82, 2.24) is 9.97 Å². The molecule has 0 spiro atoms. The molecule has 7 heteroatoms. The summed E-state index contributed by atoms with van der Waals surface area (Å²) in [5.41, 5.74) is 0.461. The summed E-state index contributed by atoms with van der Waals surface area (Å²) in [5, 5.41) is 20.0. The molecule has 0 aromatic carbocycles. The van der Waals surface area contributed by atoms with E-state index in [0.29, 0.717) is 5.69 Å². The number of carbonyl (C=O) groups is 1. The molecular formula is C9H13N3O4. The Balaban J connectivity index is 2.48. The minimum absolute atomic E-state index is 0.0709. The van der Waals surface area contributed by atoms with Gasteiger partial charge < -0.3 is 20.3 Å². The molecule has 0 radical (unpaired) electrons. The van der Waals surface area contributed by atoms with Crippen LogP contribution < -0.4 is 10.1 Å². The summed E-state index contributed by atoms with van der Waals surface area (Å²) >= 11 is 0. The molecule has 1 atom stereocenters. The highest BCUT2D eigenvalue weighted by atomic mass is 16.5. The molecule has 1 amide bonds. The van der Waals surface area contributed by atoms with E-state index < -0.39 is 6.10 Å². The van der Waals surface area contributed by atoms with Crippen molar-refractivity contribution in [3.63, 3.8) is 0 Å². The molecule has 1 aromatic heterocycles. The summed E-state index contributed by atoms with van der Waals surface area (Å²) in [6, 6.07) is 0.0709. The zero-order chi connectivity index (χ0) is 12.0. The summed E-state index contributed by atoms with van der Waals surface area (Å²) in [4.78, 5) is 18.3. The van der Waals surface area contributed by atoms with Crippen LogP contribution in [0.4, 0.5) is 5.69 Å². The third kappa shape index (κ3) is 4.20. The number of nitrogens with one attached hydrogen (secondary N) is 1. The molecule has 0 bridgehead atoms. The van der Waals surface area contributed by atoms with Crippen LogP contribution in [0.2, 0.25) is 0 Å². The molecule has 1 heterocycles. The van der Waals surface area contributed by atoms with Crippen LogP contribution in [-0.2, 0) is 4.79 Å². The van der Waals surface area contributed by atoms with Crippen LogP contribution in [0.3, 0.4) is 0 Å². The molecule has 0 aliphatic rings. The second kappa shape index (κ2) is 5.99. The van der Waals surface area contributed by atoms with Gasteiger partial charge in [0, 0.05) is 6.92 Å². The van der Waals surface area contributed by atoms with E-state index in [-0.39, 0.29) is 25.1 Å². The van der Waals surface area contributed by atoms with Crippen LogP contribution >= 0.6 is 0 Å². The quantitative estimate of drug-likeness (QED) is 0.606. The number of aliphatic hydroxyl groups excluding tert-OH is 2. The maximum Gasteiger partial charge on any atom is 0.316 e. The van der Waals surface area contributed by atoms with Crippen LogP contribution in [0.25, 0.3) is 0 Å². The maximum absolute atomic E-state index is 10.7. The molecule has 3 N–H and O–H groups in total. The predicted octanol–water partition coefficient (Wildman–Crippen LogP) is -0.833. The van der Waals surface area contributed by atoms with E-state index in [4.69, 9.17) is 14.9 Å². The Hall–Kier alpha value is -1.73. The van der Waals surface area contributed by atoms with Crippen molar-refractivity contribution in [1.29, 1.82) is 0 Å². The van der Waals surface area contributed by atoms with Gasteiger partial charge in [-0.1, -0.05) is 0 Å². The van der Waals surface area contributed by atoms with Gasteiger partial charge in [0.1, 0.15) is 12.7 Å². The smallest absolute Gasteiger partial charge is 0.316 e. The number of amides is 1. The number of nitrogens with zero attached hydrogens (tertiary/aromatic N) is 2. The fourth-order valence-electron chi connectivity index (χ4n) is 0.882. The summed E-state index contributed by atoms with van der Waals surface area (Å²) in [6.07, 6.45) is 1.81. The van der Waals surface area contributed by atoms with Gasteiger partial charge in [0.15, 0.2) is 0 Å². The number of ether oxygens (including phenoxy) is 1. The molecule has 0 aliphatic heterocycles. The number of aliphatic hydroxyl groups is 2. The molecular weight excluding hydrogens is 214 g/mol. The third-order valence-corrected chi connectivity index (χ3v) is 1.56. The van der Waals surface area contributed by atoms with Crippen molar-refractivity contribution < 1.29 is 19.7 Å². The third-order valence-electron chi connectivity index (χ3n) is 1.56. The van der Waals surface area contributed by atoms with Crippen LogP contribution in [0.1, 0.15) is 6.92 Å². The van der Waals surface area contributed by atoms with Gasteiger partial charge in [0.2, 0.25) is 5.91 Å². The van der Waals surface area contributed by atoms with Gasteiger partial charge in [-0.25, -0.2) is 9.97 Å². The van der Waals surface area contributed by atoms with E-state index in [1.807, 2.05) is 0 Å². The van der Waals surface area contributed by atoms with Gasteiger partial charge in [-0.3, -0.25) is 4.79 Å². The van der Waals surface area contributed by atoms with Gasteiger partial charge in [0.05, 0.1) is 24.7 Å². The zero-order valence-corrected chi connectivity index (χ0v) is 8.75. The average Bonchev–Trinajstić information content (AvgIpc) is 2.27. The fraction of sp³-hybridized carbons (Fsp3) is 0.444. The lowest BCUT2D eigenvalue weighted by atomic mass is 10.4. The molecule has 0 saturated carbocycles. The van der Waals surface area contributed by atoms with E-state index in [2.05, 4.69) is 15.3 Å². The molecule has 7 nitrogen and oxygen atoms in total. The Labute approximate surface area is 92.1 Å². The van der Waals surface area contributed by atoms with Crippen molar-refractivity contribution in [3.8, 4) is 6.01 Å². The monoisotopic (exact) mass is 227 g/mol. The van der Waals surface area contributed by atoms with Crippen LogP contribution in [0, 0.1) is 0 Å². The topological polar surface area (TPSA) is 105 Å². The highest BCUT2D eigenvalue weighted by molar-refractivity contribution is 5.88. The Kier molecular flexibility index (Phi) is 4.62. The first kappa shape index (κ1) is 12.3. The molecule has 1 rings (SSSR count). The van der Waals surface area contributed by atoms with Crippen LogP contribution in [-0.4, -0.2) is 45.4 Å². The van der Waals surface area contributed by atoms with Crippen molar-refractivity contribution >= 4 is 11.6 Å². The molecule has 0 fully saturated rings. The summed E-state index contributed by atoms with van der Waals surface area (Å²) in [5.74, 6) is -0.215. The first-order valence-electron chi connectivity index (χ1n) is 4.63. The van der Waals surface area contributed by atoms with Gasteiger partial charge in [-0.15, -0.1) is 0 Å². The Morgan fingerprint density at radius 1 is 1.56 bits per heavy atom. The molecule has 88 valence electrons. The average molecular weight is 227 g/mol. The maximum atomic E-state index is 10.7. The number of anilines is 1. The SMILES string of the molecule is CC(=O)Nc1cnc(OC[C@H](O)CO)nc1. The molecule has 1 aromatic rings. The summed E-state index contributed by atoms with van der Waals surface area (Å²) in [7, 11) is 0. The standard InChI is InChI=1S/C9H13N3O4/c1-6(14)12-7-2-10-9(11-3-7)16-5-8(15)4-13/h2-3,8,13,15H,4-5H2,1H3,(H,12,14)/t8-/m1/s1. The van der Waals surface area contributed by atoms with E-state index in [1.165, 1.54) is 19.3 Å². The van der Waals surface area contributed by atoms with Crippen molar-refractivity contribution in [2.75, 3.05) is 18.5 Å². The van der Waals surface area contributed by atoms with Crippen molar-refractivity contribution in [3.05, 3.63) is 12.4 Å².